The Bertz CT molecular complexity index is 2210. The maximum atomic E-state index is 10.5. The van der Waals surface area contributed by atoms with E-state index in [4.69, 9.17) is 0 Å². The molecule has 0 fully saturated rings. The first kappa shape index (κ1) is 56.0. The second-order valence-corrected chi connectivity index (χ2v) is 17.8. The van der Waals surface area contributed by atoms with Crippen LogP contribution in [0.1, 0.15) is 27.8 Å². The van der Waals surface area contributed by atoms with E-state index in [2.05, 4.69) is 0 Å². The molecule has 0 unspecified atom stereocenters. The fourth-order valence-corrected chi connectivity index (χ4v) is 7.72. The maximum Gasteiger partial charge on any atom is 3.00 e. The van der Waals surface area contributed by atoms with Gasteiger partial charge in [-0.1, -0.05) is 91.0 Å². The molecule has 22 heteroatoms. The van der Waals surface area contributed by atoms with Crippen molar-refractivity contribution in [1.82, 2.24) is 0 Å². The van der Waals surface area contributed by atoms with Crippen LogP contribution in [0.15, 0.2) is 146 Å². The third-order valence-corrected chi connectivity index (χ3v) is 11.8. The summed E-state index contributed by atoms with van der Waals surface area (Å²) in [5.74, 6) is 0. The minimum absolute atomic E-state index is 0. The van der Waals surface area contributed by atoms with Crippen LogP contribution in [-0.2, 0) is 50.6 Å². The normalized spacial score (nSPS) is 11.1. The smallest absolute Gasteiger partial charge is 0.744 e. The Morgan fingerprint density at radius 1 is 0.281 bits per heavy atom. The van der Waals surface area contributed by atoms with Gasteiger partial charge in [0.15, 0.2) is 0 Å². The van der Waals surface area contributed by atoms with Crippen LogP contribution in [0.3, 0.4) is 0 Å². The van der Waals surface area contributed by atoms with Gasteiger partial charge in [0.05, 0.1) is 24.5 Å². The average Bonchev–Trinajstić information content (AvgIpc) is 3.04. The number of aryl methyl sites for hydroxylation is 5. The summed E-state index contributed by atoms with van der Waals surface area (Å²) in [6, 6.07) is 30.5. The van der Waals surface area contributed by atoms with Crippen LogP contribution in [-0.4, -0.2) is 105 Å². The molecule has 0 radical (unpaired) electrons. The molecule has 57 heavy (non-hydrogen) atoms. The van der Waals surface area contributed by atoms with Gasteiger partial charge in [0, 0.05) is 0 Å². The van der Waals surface area contributed by atoms with Crippen LogP contribution < -0.4 is 0 Å². The van der Waals surface area contributed by atoms with Gasteiger partial charge in [-0.2, -0.15) is 0 Å². The average molecular weight is 907 g/mol. The quantitative estimate of drug-likeness (QED) is 0.179. The molecule has 15 nitrogen and oxygen atoms in total. The van der Waals surface area contributed by atoms with E-state index in [1.54, 1.807) is 95.3 Å². The summed E-state index contributed by atoms with van der Waals surface area (Å²) in [5, 5.41) is 0. The molecule has 300 valence electrons. The molecule has 0 aliphatic carbocycles. The monoisotopic (exact) mass is 906 g/mol. The Morgan fingerprint density at radius 2 is 0.386 bits per heavy atom. The van der Waals surface area contributed by atoms with Gasteiger partial charge in [0.25, 0.3) is 0 Å². The van der Waals surface area contributed by atoms with E-state index in [-0.39, 0.29) is 64.9 Å². The van der Waals surface area contributed by atoms with Crippen LogP contribution in [0, 0.1) is 34.6 Å². The third kappa shape index (κ3) is 20.5. The Labute approximate surface area is 361 Å². The van der Waals surface area contributed by atoms with Crippen molar-refractivity contribution < 1.29 is 64.9 Å². The molecule has 0 heterocycles. The molecule has 0 saturated carbocycles. The maximum absolute atomic E-state index is 10.5. The topological polar surface area (TPSA) is 286 Å². The molecule has 0 aliphatic rings. The summed E-state index contributed by atoms with van der Waals surface area (Å²) < 4.78 is 157. The summed E-state index contributed by atoms with van der Waals surface area (Å²) >= 11 is 0. The molecule has 0 saturated heterocycles. The van der Waals surface area contributed by atoms with Crippen molar-refractivity contribution in [3.8, 4) is 0 Å². The molecule has 0 amide bonds. The Balaban J connectivity index is 0. The van der Waals surface area contributed by atoms with Crippen LogP contribution in [0.2, 0.25) is 0 Å². The first-order chi connectivity index (χ1) is 25.1. The standard InChI is InChI=1S/5C7H8O3S.Al.Mg/c5*1-6-4-2-3-5-7(6)11(8,9)10;;/h5*2-5H,1H3,(H,8,9,10);;/q;;;;;+3;+2/p-5. The molecule has 0 N–H and O–H groups in total. The minimum Gasteiger partial charge on any atom is -0.744 e. The molecule has 5 rings (SSSR count). The van der Waals surface area contributed by atoms with Crippen molar-refractivity contribution in [2.75, 3.05) is 0 Å². The second-order valence-electron chi connectivity index (χ2n) is 11.1. The van der Waals surface area contributed by atoms with E-state index in [1.807, 2.05) is 0 Å². The predicted octanol–water partition coefficient (Wildman–Crippen LogP) is 3.73. The summed E-state index contributed by atoms with van der Waals surface area (Å²) in [5.41, 5.74) is 2.44. The van der Waals surface area contributed by atoms with Crippen LogP contribution >= 0.6 is 0 Å². The van der Waals surface area contributed by atoms with Gasteiger partial charge in [-0.3, -0.25) is 0 Å². The van der Waals surface area contributed by atoms with Gasteiger partial charge in [0.2, 0.25) is 0 Å². The summed E-state index contributed by atoms with van der Waals surface area (Å²) in [6.07, 6.45) is 0. The number of hydrogen-bond donors (Lipinski definition) is 0. The largest absolute Gasteiger partial charge is 3.00 e. The third-order valence-electron chi connectivity index (χ3n) is 6.81. The molecular formula is C35H35AlMgO15S5. The van der Waals surface area contributed by atoms with E-state index in [9.17, 15) is 64.9 Å². The minimum atomic E-state index is -4.28. The van der Waals surface area contributed by atoms with Crippen molar-refractivity contribution in [2.24, 2.45) is 0 Å². The van der Waals surface area contributed by atoms with E-state index in [0.29, 0.717) is 27.8 Å². The molecular weight excluding hydrogens is 872 g/mol. The Kier molecular flexibility index (Phi) is 23.7. The van der Waals surface area contributed by atoms with Crippen molar-refractivity contribution in [1.29, 1.82) is 0 Å². The molecule has 0 spiro atoms. The van der Waals surface area contributed by atoms with E-state index < -0.39 is 50.6 Å². The summed E-state index contributed by atoms with van der Waals surface area (Å²) in [6.45, 7) is 7.94. The number of rotatable bonds is 5. The first-order valence-corrected chi connectivity index (χ1v) is 22.2. The Hall–Kier alpha value is -3.05. The molecule has 0 aliphatic heterocycles. The van der Waals surface area contributed by atoms with Gasteiger partial charge in [-0.25, -0.2) is 42.1 Å². The molecule has 0 aromatic heterocycles. The van der Waals surface area contributed by atoms with Gasteiger partial charge < -0.3 is 22.8 Å². The molecule has 0 bridgehead atoms. The van der Waals surface area contributed by atoms with Crippen molar-refractivity contribution in [3.05, 3.63) is 149 Å². The fourth-order valence-electron chi connectivity index (χ4n) is 4.18. The van der Waals surface area contributed by atoms with Gasteiger partial charge >= 0.3 is 40.4 Å². The van der Waals surface area contributed by atoms with Gasteiger partial charge in [-0.05, 0) is 92.8 Å². The number of hydrogen-bond acceptors (Lipinski definition) is 15. The second kappa shape index (κ2) is 24.1. The van der Waals surface area contributed by atoms with E-state index in [1.165, 1.54) is 60.7 Å². The van der Waals surface area contributed by atoms with E-state index in [0.717, 1.165) is 0 Å². The van der Waals surface area contributed by atoms with Crippen molar-refractivity contribution >= 4 is 91.0 Å². The number of benzene rings is 5. The summed E-state index contributed by atoms with van der Waals surface area (Å²) in [4.78, 5) is -0.694. The molecule has 5 aromatic rings. The Morgan fingerprint density at radius 3 is 0.456 bits per heavy atom. The zero-order chi connectivity index (χ0) is 42.4. The van der Waals surface area contributed by atoms with Gasteiger partial charge in [-0.15, -0.1) is 0 Å². The van der Waals surface area contributed by atoms with E-state index >= 15 is 0 Å². The zero-order valence-electron chi connectivity index (χ0n) is 31.0. The van der Waals surface area contributed by atoms with Gasteiger partial charge in [0.1, 0.15) is 50.6 Å². The van der Waals surface area contributed by atoms with Crippen LogP contribution in [0.25, 0.3) is 0 Å². The van der Waals surface area contributed by atoms with Crippen LogP contribution in [0.5, 0.6) is 0 Å². The predicted molar refractivity (Wildman–Crippen MR) is 207 cm³/mol. The zero-order valence-corrected chi connectivity index (χ0v) is 37.6. The van der Waals surface area contributed by atoms with Crippen molar-refractivity contribution in [2.45, 2.75) is 59.1 Å². The van der Waals surface area contributed by atoms with Crippen LogP contribution in [0.4, 0.5) is 0 Å². The van der Waals surface area contributed by atoms with Crippen molar-refractivity contribution in [3.63, 3.8) is 0 Å². The molecule has 0 atom stereocenters. The fraction of sp³-hybridized carbons (Fsp3) is 0.143. The summed E-state index contributed by atoms with van der Waals surface area (Å²) in [7, 11) is -21.4. The molecule has 5 aromatic carbocycles. The first-order valence-electron chi connectivity index (χ1n) is 15.2. The SMILES string of the molecule is Cc1ccccc1S(=O)(=O)[O-].Cc1ccccc1S(=O)(=O)[O-].Cc1ccccc1S(=O)(=O)[O-].Cc1ccccc1S(=O)(=O)[O-].Cc1ccccc1S(=O)(=O)[O-].[Al+3].[Mg+2].